The topological polar surface area (TPSA) is 73.5 Å². The molecular weight excluding hydrogens is 342 g/mol. The Morgan fingerprint density at radius 1 is 1.12 bits per heavy atom. The molecule has 8 heteroatoms. The van der Waals surface area contributed by atoms with E-state index in [4.69, 9.17) is 4.74 Å². The Labute approximate surface area is 145 Å². The van der Waals surface area contributed by atoms with Gasteiger partial charge in [-0.25, -0.2) is 12.4 Å². The van der Waals surface area contributed by atoms with Crippen molar-refractivity contribution in [2.75, 3.05) is 32.6 Å². The van der Waals surface area contributed by atoms with Crippen molar-refractivity contribution < 1.29 is 17.9 Å². The van der Waals surface area contributed by atoms with Gasteiger partial charge in [0.1, 0.15) is 5.69 Å². The Kier molecular flexibility index (Phi) is 3.62. The molecule has 1 fully saturated rings. The predicted octanol–water partition coefficient (Wildman–Crippen LogP) is 1.41. The van der Waals surface area contributed by atoms with Crippen molar-refractivity contribution in [3.8, 4) is 0 Å². The molecule has 0 aliphatic carbocycles. The van der Waals surface area contributed by atoms with Crippen LogP contribution in [0.15, 0.2) is 30.3 Å². The fraction of sp³-hybridized carbons (Fsp3) is 0.353. The highest BCUT2D eigenvalue weighted by molar-refractivity contribution is 7.89. The molecule has 132 valence electrons. The summed E-state index contributed by atoms with van der Waals surface area (Å²) in [5.41, 5.74) is 2.38. The number of carbonyl (C=O) groups is 1. The molecule has 1 saturated heterocycles. The van der Waals surface area contributed by atoms with Crippen molar-refractivity contribution >= 4 is 37.9 Å². The number of aryl methyl sites for hydroxylation is 1. The van der Waals surface area contributed by atoms with Crippen LogP contribution in [0.1, 0.15) is 10.5 Å². The number of aromatic nitrogens is 2. The zero-order valence-electron chi connectivity index (χ0n) is 14.1. The monoisotopic (exact) mass is 361 g/mol. The van der Waals surface area contributed by atoms with E-state index in [1.165, 1.54) is 3.97 Å². The van der Waals surface area contributed by atoms with Crippen molar-refractivity contribution in [2.24, 2.45) is 7.05 Å². The summed E-state index contributed by atoms with van der Waals surface area (Å²) in [5.74, 6) is -0.283. The van der Waals surface area contributed by atoms with Gasteiger partial charge in [-0.2, -0.15) is 0 Å². The van der Waals surface area contributed by atoms with E-state index in [-0.39, 0.29) is 11.6 Å². The Morgan fingerprint density at radius 2 is 1.80 bits per heavy atom. The number of ether oxygens (including phenoxy) is 1. The first-order valence-corrected chi connectivity index (χ1v) is 9.91. The predicted molar refractivity (Wildman–Crippen MR) is 95.4 cm³/mol. The lowest BCUT2D eigenvalue weighted by molar-refractivity contribution is 0.0298. The smallest absolute Gasteiger partial charge is 0.271 e. The number of benzene rings is 1. The number of para-hydroxylation sites is 1. The van der Waals surface area contributed by atoms with Crippen LogP contribution in [-0.2, 0) is 21.8 Å². The zero-order chi connectivity index (χ0) is 17.8. The molecule has 25 heavy (non-hydrogen) atoms. The quantitative estimate of drug-likeness (QED) is 0.692. The summed E-state index contributed by atoms with van der Waals surface area (Å²) in [7, 11) is -1.78. The molecule has 0 bridgehead atoms. The lowest BCUT2D eigenvalue weighted by Gasteiger charge is -2.27. The second-order valence-electron chi connectivity index (χ2n) is 6.27. The summed E-state index contributed by atoms with van der Waals surface area (Å²) in [5, 5.41) is 0.812. The van der Waals surface area contributed by atoms with Crippen LogP contribution in [0.3, 0.4) is 0 Å². The van der Waals surface area contributed by atoms with E-state index < -0.39 is 10.0 Å². The summed E-state index contributed by atoms with van der Waals surface area (Å²) >= 11 is 0. The maximum absolute atomic E-state index is 13.0. The summed E-state index contributed by atoms with van der Waals surface area (Å²) in [6.07, 6.45) is 1.13. The van der Waals surface area contributed by atoms with E-state index in [0.29, 0.717) is 31.8 Å². The van der Waals surface area contributed by atoms with Gasteiger partial charge in [0.15, 0.2) is 0 Å². The minimum absolute atomic E-state index is 0.177. The largest absolute Gasteiger partial charge is 0.378 e. The van der Waals surface area contributed by atoms with Gasteiger partial charge in [0.2, 0.25) is 10.0 Å². The molecule has 0 N–H and O–H groups in total. The van der Waals surface area contributed by atoms with Crippen LogP contribution in [0.5, 0.6) is 0 Å². The van der Waals surface area contributed by atoms with Crippen molar-refractivity contribution in [1.29, 1.82) is 0 Å². The highest BCUT2D eigenvalue weighted by atomic mass is 32.2. The van der Waals surface area contributed by atoms with Gasteiger partial charge in [0, 0.05) is 25.5 Å². The molecule has 1 amide bonds. The number of hydrogen-bond acceptors (Lipinski definition) is 4. The maximum Gasteiger partial charge on any atom is 0.271 e. The third kappa shape index (κ3) is 2.44. The molecule has 0 saturated carbocycles. The molecule has 0 radical (unpaired) electrons. The van der Waals surface area contributed by atoms with Crippen LogP contribution < -0.4 is 0 Å². The molecule has 7 nitrogen and oxygen atoms in total. The highest BCUT2D eigenvalue weighted by Gasteiger charge is 2.29. The van der Waals surface area contributed by atoms with Crippen molar-refractivity contribution in [1.82, 2.24) is 13.4 Å². The second-order valence-corrected chi connectivity index (χ2v) is 8.10. The molecule has 4 rings (SSSR count). The van der Waals surface area contributed by atoms with E-state index >= 15 is 0 Å². The zero-order valence-corrected chi connectivity index (χ0v) is 14.9. The van der Waals surface area contributed by atoms with Gasteiger partial charge in [-0.1, -0.05) is 18.2 Å². The number of amides is 1. The Balaban J connectivity index is 2.02. The average molecular weight is 361 g/mol. The number of rotatable bonds is 2. The fourth-order valence-electron chi connectivity index (χ4n) is 3.50. The first-order chi connectivity index (χ1) is 11.9. The third-order valence-corrected chi connectivity index (χ3v) is 5.71. The summed E-state index contributed by atoms with van der Waals surface area (Å²) in [6.45, 7) is 1.86. The van der Waals surface area contributed by atoms with Gasteiger partial charge in [0.05, 0.1) is 36.0 Å². The minimum atomic E-state index is -3.65. The second kappa shape index (κ2) is 5.60. The molecule has 2 aromatic heterocycles. The van der Waals surface area contributed by atoms with Crippen LogP contribution in [0.4, 0.5) is 0 Å². The van der Waals surface area contributed by atoms with Gasteiger partial charge in [-0.3, -0.25) is 4.79 Å². The van der Waals surface area contributed by atoms with Crippen molar-refractivity contribution in [2.45, 2.75) is 0 Å². The van der Waals surface area contributed by atoms with E-state index in [1.54, 1.807) is 11.0 Å². The van der Waals surface area contributed by atoms with Gasteiger partial charge < -0.3 is 14.2 Å². The minimum Gasteiger partial charge on any atom is -0.378 e. The molecule has 1 aromatic carbocycles. The molecule has 1 aliphatic heterocycles. The molecular formula is C17H19N3O4S. The van der Waals surface area contributed by atoms with Crippen LogP contribution >= 0.6 is 0 Å². The van der Waals surface area contributed by atoms with Gasteiger partial charge in [-0.15, -0.1) is 0 Å². The van der Waals surface area contributed by atoms with Crippen LogP contribution in [0, 0.1) is 0 Å². The lowest BCUT2D eigenvalue weighted by Crippen LogP contribution is -2.41. The van der Waals surface area contributed by atoms with Gasteiger partial charge >= 0.3 is 0 Å². The third-order valence-electron chi connectivity index (χ3n) is 4.67. The van der Waals surface area contributed by atoms with Gasteiger partial charge in [0.25, 0.3) is 5.91 Å². The van der Waals surface area contributed by atoms with Crippen molar-refractivity contribution in [3.05, 3.63) is 36.0 Å². The van der Waals surface area contributed by atoms with E-state index in [2.05, 4.69) is 0 Å². The standard InChI is InChI=1S/C17H19N3O4S/c1-18-13-6-4-3-5-12(13)16-14(18)11-15(20(16)25(2,22)23)17(21)19-7-9-24-10-8-19/h3-6,11H,7-10H2,1-2H3. The first kappa shape index (κ1) is 16.2. The van der Waals surface area contributed by atoms with Crippen LogP contribution in [0.25, 0.3) is 21.9 Å². The molecule has 0 atom stereocenters. The molecule has 0 unspecified atom stereocenters. The summed E-state index contributed by atoms with van der Waals surface area (Å²) in [6, 6.07) is 9.26. The molecule has 3 aromatic rings. The first-order valence-electron chi connectivity index (χ1n) is 8.06. The SMILES string of the molecule is Cn1c2ccccc2c2c1cc(C(=O)N1CCOCC1)n2S(C)(=O)=O. The van der Waals surface area contributed by atoms with E-state index in [9.17, 15) is 13.2 Å². The Morgan fingerprint density at radius 3 is 2.48 bits per heavy atom. The number of morpholine rings is 1. The number of nitrogens with zero attached hydrogens (tertiary/aromatic N) is 3. The van der Waals surface area contributed by atoms with Crippen LogP contribution in [-0.4, -0.2) is 60.3 Å². The highest BCUT2D eigenvalue weighted by Crippen LogP contribution is 2.32. The summed E-state index contributed by atoms with van der Waals surface area (Å²) < 4.78 is 33.4. The number of fused-ring (bicyclic) bond motifs is 3. The van der Waals surface area contributed by atoms with E-state index in [1.807, 2.05) is 35.9 Å². The van der Waals surface area contributed by atoms with Crippen molar-refractivity contribution in [3.63, 3.8) is 0 Å². The van der Waals surface area contributed by atoms with Crippen LogP contribution in [0.2, 0.25) is 0 Å². The Hall–Kier alpha value is -2.32. The lowest BCUT2D eigenvalue weighted by atomic mass is 10.2. The molecule has 0 spiro atoms. The number of hydrogen-bond donors (Lipinski definition) is 0. The van der Waals surface area contributed by atoms with Gasteiger partial charge in [-0.05, 0) is 12.1 Å². The Bertz CT molecular complexity index is 1090. The van der Waals surface area contributed by atoms with E-state index in [0.717, 1.165) is 22.7 Å². The fourth-order valence-corrected chi connectivity index (χ4v) is 4.51. The normalized spacial score (nSPS) is 16.0. The maximum atomic E-state index is 13.0. The molecule has 1 aliphatic rings. The average Bonchev–Trinajstić information content (AvgIpc) is 3.12. The number of carbonyl (C=O) groups excluding carboxylic acids is 1. The molecule has 3 heterocycles. The summed E-state index contributed by atoms with van der Waals surface area (Å²) in [4.78, 5) is 14.6.